The van der Waals surface area contributed by atoms with Gasteiger partial charge in [0.2, 0.25) is 5.91 Å². The zero-order valence-corrected chi connectivity index (χ0v) is 12.7. The van der Waals surface area contributed by atoms with Crippen molar-refractivity contribution in [2.24, 2.45) is 0 Å². The number of aryl methyl sites for hydroxylation is 2. The first-order valence-corrected chi connectivity index (χ1v) is 7.79. The van der Waals surface area contributed by atoms with Crippen LogP contribution in [-0.2, 0) is 17.6 Å². The highest BCUT2D eigenvalue weighted by molar-refractivity contribution is 6.09. The molecule has 0 aromatic heterocycles. The molecule has 4 nitrogen and oxygen atoms in total. The van der Waals surface area contributed by atoms with Gasteiger partial charge in [0.1, 0.15) is 0 Å². The minimum Gasteiger partial charge on any atom is -0.355 e. The number of carbonyl (C=O) groups excluding carboxylic acids is 2. The van der Waals surface area contributed by atoms with Gasteiger partial charge in [-0.15, -0.1) is 0 Å². The summed E-state index contributed by atoms with van der Waals surface area (Å²) in [5, 5.41) is 7.66. The zero-order valence-electron chi connectivity index (χ0n) is 12.7. The van der Waals surface area contributed by atoms with Gasteiger partial charge >= 0.3 is 0 Å². The molecule has 0 heterocycles. The van der Waals surface area contributed by atoms with Gasteiger partial charge < -0.3 is 10.6 Å². The van der Waals surface area contributed by atoms with Crippen molar-refractivity contribution in [1.82, 2.24) is 10.6 Å². The Morgan fingerprint density at radius 3 is 2.59 bits per heavy atom. The number of amides is 2. The van der Waals surface area contributed by atoms with Gasteiger partial charge in [0.25, 0.3) is 5.91 Å². The van der Waals surface area contributed by atoms with Crippen molar-refractivity contribution in [1.29, 1.82) is 0 Å². The van der Waals surface area contributed by atoms with E-state index in [2.05, 4.69) is 16.7 Å². The van der Waals surface area contributed by atoms with Gasteiger partial charge in [0, 0.05) is 12.1 Å². The number of rotatable bonds is 5. The SMILES string of the molecule is CCCNC(=O)CNC(=O)c1ccc2c3c(cccc13)CC2. The molecule has 0 atom stereocenters. The summed E-state index contributed by atoms with van der Waals surface area (Å²) in [5.41, 5.74) is 3.26. The van der Waals surface area contributed by atoms with Crippen LogP contribution in [0, 0.1) is 0 Å². The Morgan fingerprint density at radius 1 is 1.05 bits per heavy atom. The fourth-order valence-corrected chi connectivity index (χ4v) is 3.03. The van der Waals surface area contributed by atoms with Gasteiger partial charge in [0.15, 0.2) is 0 Å². The summed E-state index contributed by atoms with van der Waals surface area (Å²) in [6.45, 7) is 2.64. The topological polar surface area (TPSA) is 58.2 Å². The summed E-state index contributed by atoms with van der Waals surface area (Å²) in [5.74, 6) is -0.344. The molecule has 0 bridgehead atoms. The zero-order chi connectivity index (χ0) is 15.5. The second-order valence-electron chi connectivity index (χ2n) is 5.64. The standard InChI is InChI=1S/C18H20N2O2/c1-2-10-19-16(21)11-20-18(22)15-9-8-13-7-6-12-4-3-5-14(15)17(12)13/h3-5,8-9H,2,6-7,10-11H2,1H3,(H,19,21)(H,20,22). The van der Waals surface area contributed by atoms with E-state index in [4.69, 9.17) is 0 Å². The van der Waals surface area contributed by atoms with Gasteiger partial charge in [-0.05, 0) is 47.2 Å². The summed E-state index contributed by atoms with van der Waals surface area (Å²) < 4.78 is 0. The highest BCUT2D eigenvalue weighted by Crippen LogP contribution is 2.32. The maximum absolute atomic E-state index is 12.4. The van der Waals surface area contributed by atoms with Gasteiger partial charge in [0.05, 0.1) is 6.54 Å². The van der Waals surface area contributed by atoms with Crippen molar-refractivity contribution in [2.75, 3.05) is 13.1 Å². The summed E-state index contributed by atoms with van der Waals surface area (Å²) in [6.07, 6.45) is 2.96. The predicted molar refractivity (Wildman–Crippen MR) is 87.0 cm³/mol. The lowest BCUT2D eigenvalue weighted by molar-refractivity contribution is -0.120. The summed E-state index contributed by atoms with van der Waals surface area (Å²) in [6, 6.07) is 10.0. The molecule has 0 saturated heterocycles. The Balaban J connectivity index is 1.79. The van der Waals surface area contributed by atoms with Crippen LogP contribution in [0.2, 0.25) is 0 Å². The molecule has 0 saturated carbocycles. The number of hydrogen-bond donors (Lipinski definition) is 2. The minimum absolute atomic E-state index is 0.0156. The molecule has 114 valence electrons. The highest BCUT2D eigenvalue weighted by atomic mass is 16.2. The molecular weight excluding hydrogens is 276 g/mol. The van der Waals surface area contributed by atoms with E-state index in [1.54, 1.807) is 0 Å². The van der Waals surface area contributed by atoms with Crippen molar-refractivity contribution in [3.63, 3.8) is 0 Å². The second-order valence-corrected chi connectivity index (χ2v) is 5.64. The van der Waals surface area contributed by atoms with Crippen molar-refractivity contribution in [3.05, 3.63) is 47.0 Å². The Morgan fingerprint density at radius 2 is 1.82 bits per heavy atom. The molecule has 0 unspecified atom stereocenters. The molecule has 1 aliphatic carbocycles. The van der Waals surface area contributed by atoms with Crippen LogP contribution in [0.3, 0.4) is 0 Å². The summed E-state index contributed by atoms with van der Waals surface area (Å²) in [4.78, 5) is 24.0. The highest BCUT2D eigenvalue weighted by Gasteiger charge is 2.18. The van der Waals surface area contributed by atoms with E-state index in [-0.39, 0.29) is 18.4 Å². The van der Waals surface area contributed by atoms with Crippen LogP contribution in [0.4, 0.5) is 0 Å². The van der Waals surface area contributed by atoms with Gasteiger partial charge in [-0.25, -0.2) is 0 Å². The molecule has 2 aromatic carbocycles. The average molecular weight is 296 g/mol. The first kappa shape index (κ1) is 14.6. The average Bonchev–Trinajstić information content (AvgIpc) is 2.96. The Bertz CT molecular complexity index is 727. The second kappa shape index (κ2) is 6.18. The van der Waals surface area contributed by atoms with Crippen LogP contribution in [0.15, 0.2) is 30.3 Å². The normalized spacial score (nSPS) is 12.4. The van der Waals surface area contributed by atoms with Gasteiger partial charge in [-0.3, -0.25) is 9.59 Å². The van der Waals surface area contributed by atoms with Crippen LogP contribution in [0.25, 0.3) is 10.8 Å². The molecule has 1 aliphatic rings. The van der Waals surface area contributed by atoms with Crippen LogP contribution < -0.4 is 10.6 Å². The third kappa shape index (κ3) is 2.69. The Kier molecular flexibility index (Phi) is 4.09. The molecule has 0 fully saturated rings. The number of benzene rings is 2. The van der Waals surface area contributed by atoms with E-state index in [0.717, 1.165) is 24.6 Å². The van der Waals surface area contributed by atoms with E-state index in [1.165, 1.54) is 16.5 Å². The molecule has 3 rings (SSSR count). The van der Waals surface area contributed by atoms with E-state index >= 15 is 0 Å². The molecule has 2 N–H and O–H groups in total. The minimum atomic E-state index is -0.192. The smallest absolute Gasteiger partial charge is 0.252 e. The number of nitrogens with one attached hydrogen (secondary N) is 2. The molecule has 0 spiro atoms. The largest absolute Gasteiger partial charge is 0.355 e. The summed E-state index contributed by atoms with van der Waals surface area (Å²) in [7, 11) is 0. The number of carbonyl (C=O) groups is 2. The Hall–Kier alpha value is -2.36. The van der Waals surface area contributed by atoms with Gasteiger partial charge in [-0.1, -0.05) is 31.2 Å². The lowest BCUT2D eigenvalue weighted by atomic mass is 9.99. The van der Waals surface area contributed by atoms with Crippen molar-refractivity contribution >= 4 is 22.6 Å². The Labute approximate surface area is 129 Å². The maximum atomic E-state index is 12.4. The molecule has 2 aromatic rings. The van der Waals surface area contributed by atoms with Crippen molar-refractivity contribution in [2.45, 2.75) is 26.2 Å². The van der Waals surface area contributed by atoms with E-state index < -0.39 is 0 Å². The fourth-order valence-electron chi connectivity index (χ4n) is 3.03. The van der Waals surface area contributed by atoms with Crippen LogP contribution in [0.1, 0.15) is 34.8 Å². The number of hydrogen-bond acceptors (Lipinski definition) is 2. The predicted octanol–water partition coefficient (Wildman–Crippen LogP) is 2.19. The molecule has 0 radical (unpaired) electrons. The fraction of sp³-hybridized carbons (Fsp3) is 0.333. The third-order valence-corrected chi connectivity index (χ3v) is 4.10. The van der Waals surface area contributed by atoms with Crippen LogP contribution in [0.5, 0.6) is 0 Å². The maximum Gasteiger partial charge on any atom is 0.252 e. The lowest BCUT2D eigenvalue weighted by Crippen LogP contribution is -2.37. The molecule has 0 aliphatic heterocycles. The van der Waals surface area contributed by atoms with Crippen molar-refractivity contribution < 1.29 is 9.59 Å². The molecule has 4 heteroatoms. The molecular formula is C18H20N2O2. The monoisotopic (exact) mass is 296 g/mol. The van der Waals surface area contributed by atoms with Crippen LogP contribution in [-0.4, -0.2) is 24.9 Å². The quantitative estimate of drug-likeness (QED) is 0.888. The van der Waals surface area contributed by atoms with Gasteiger partial charge in [-0.2, -0.15) is 0 Å². The molecule has 22 heavy (non-hydrogen) atoms. The van der Waals surface area contributed by atoms with Crippen molar-refractivity contribution in [3.8, 4) is 0 Å². The lowest BCUT2D eigenvalue weighted by Gasteiger charge is -2.10. The van der Waals surface area contributed by atoms with E-state index in [0.29, 0.717) is 12.1 Å². The summed E-state index contributed by atoms with van der Waals surface area (Å²) >= 11 is 0. The van der Waals surface area contributed by atoms with Crippen LogP contribution >= 0.6 is 0 Å². The van der Waals surface area contributed by atoms with E-state index in [1.807, 2.05) is 31.2 Å². The first-order valence-electron chi connectivity index (χ1n) is 7.79. The molecule has 2 amide bonds. The van der Waals surface area contributed by atoms with E-state index in [9.17, 15) is 9.59 Å². The third-order valence-electron chi connectivity index (χ3n) is 4.10. The first-order chi connectivity index (χ1) is 10.7.